The van der Waals surface area contributed by atoms with Crippen LogP contribution in [0.25, 0.3) is 22.1 Å². The number of likely N-dealkylation sites (N-methyl/N-ethyl adjacent to an activating group) is 1. The van der Waals surface area contributed by atoms with Gasteiger partial charge in [-0.15, -0.1) is 10.2 Å². The molecule has 4 aromatic heterocycles. The van der Waals surface area contributed by atoms with Crippen LogP contribution in [0.1, 0.15) is 19.4 Å². The molecule has 0 aromatic carbocycles. The third kappa shape index (κ3) is 3.88. The van der Waals surface area contributed by atoms with Gasteiger partial charge in [0.2, 0.25) is 0 Å². The van der Waals surface area contributed by atoms with Crippen molar-refractivity contribution in [2.24, 2.45) is 5.92 Å². The Kier molecular flexibility index (Phi) is 5.47. The fraction of sp³-hybridized carbons (Fsp3) is 0.333. The number of amides is 2. The summed E-state index contributed by atoms with van der Waals surface area (Å²) >= 11 is 0. The minimum atomic E-state index is -0.835. The molecule has 0 radical (unpaired) electrons. The predicted octanol–water partition coefficient (Wildman–Crippen LogP) is 1.38. The number of rotatable bonds is 4. The van der Waals surface area contributed by atoms with Crippen molar-refractivity contribution >= 4 is 51.2 Å². The SMILES string of the molecule is CNC(=O)C(=O)Nc1[nH]n([C@H]2CN(c3ccc([N+](=O)[O-])cn3)CC[C@H]2C)c2c1nnc1nccc12. The molecule has 3 N–H and O–H groups in total. The Hall–Kier alpha value is -4.62. The van der Waals surface area contributed by atoms with Crippen molar-refractivity contribution in [3.05, 3.63) is 40.7 Å². The third-order valence-corrected chi connectivity index (χ3v) is 6.30. The standard InChI is InChI=1S/C21H22N10O4/c1-11-6-8-29(15-4-3-12(9-24-15)31(34)35)10-14(11)30-17-13-5-7-23-18(13)27-26-16(17)19(28-30)25-21(33)20(32)22-2/h3-5,7,9,11,14,28H,6,8,10H2,1-2H3,(H,22,32)(H,25,33)/t11-,14+/m1/s1. The molecule has 14 heteroatoms. The van der Waals surface area contributed by atoms with Gasteiger partial charge in [0.05, 0.1) is 16.4 Å². The summed E-state index contributed by atoms with van der Waals surface area (Å²) in [5, 5.41) is 28.3. The maximum absolute atomic E-state index is 12.3. The van der Waals surface area contributed by atoms with Crippen molar-refractivity contribution in [3.8, 4) is 0 Å². The fourth-order valence-corrected chi connectivity index (χ4v) is 4.39. The summed E-state index contributed by atoms with van der Waals surface area (Å²) in [6.45, 7) is 3.41. The summed E-state index contributed by atoms with van der Waals surface area (Å²) in [5.41, 5.74) is 1.50. The Morgan fingerprint density at radius 1 is 1.20 bits per heavy atom. The maximum atomic E-state index is 12.3. The zero-order valence-corrected chi connectivity index (χ0v) is 18.9. The molecule has 1 aliphatic heterocycles. The van der Waals surface area contributed by atoms with Crippen molar-refractivity contribution in [1.82, 2.24) is 35.3 Å². The van der Waals surface area contributed by atoms with Gasteiger partial charge < -0.3 is 15.5 Å². The molecule has 0 bridgehead atoms. The minimum absolute atomic E-state index is 0.0680. The maximum Gasteiger partial charge on any atom is 0.314 e. The van der Waals surface area contributed by atoms with Crippen LogP contribution in [0.5, 0.6) is 0 Å². The number of aromatic amines is 1. The largest absolute Gasteiger partial charge is 0.354 e. The normalized spacial score (nSPS) is 18.1. The molecule has 2 atom stereocenters. The average Bonchev–Trinajstić information content (AvgIpc) is 3.48. The van der Waals surface area contributed by atoms with E-state index in [2.05, 4.69) is 47.7 Å². The zero-order valence-electron chi connectivity index (χ0n) is 18.9. The zero-order chi connectivity index (χ0) is 24.7. The monoisotopic (exact) mass is 478 g/mol. The first-order valence-electron chi connectivity index (χ1n) is 11.0. The smallest absolute Gasteiger partial charge is 0.314 e. The van der Waals surface area contributed by atoms with Gasteiger partial charge in [0.15, 0.2) is 17.0 Å². The number of hydrogen-bond acceptors (Lipinski definition) is 9. The number of pyridine rings is 1. The summed E-state index contributed by atoms with van der Waals surface area (Å²) in [4.78, 5) is 45.2. The Morgan fingerprint density at radius 3 is 2.74 bits per heavy atom. The van der Waals surface area contributed by atoms with Gasteiger partial charge in [0.25, 0.3) is 5.69 Å². The number of fused-ring (bicyclic) bond motifs is 3. The van der Waals surface area contributed by atoms with E-state index in [1.807, 2.05) is 10.7 Å². The molecule has 14 nitrogen and oxygen atoms in total. The fourth-order valence-electron chi connectivity index (χ4n) is 4.39. The first kappa shape index (κ1) is 22.2. The van der Waals surface area contributed by atoms with Gasteiger partial charge in [-0.2, -0.15) is 0 Å². The summed E-state index contributed by atoms with van der Waals surface area (Å²) < 4.78 is 1.93. The molecule has 1 aliphatic rings. The Labute approximate surface area is 197 Å². The molecule has 4 aromatic rings. The van der Waals surface area contributed by atoms with Crippen molar-refractivity contribution in [2.45, 2.75) is 19.4 Å². The Morgan fingerprint density at radius 2 is 2.03 bits per heavy atom. The molecular formula is C21H22N10O4. The van der Waals surface area contributed by atoms with Gasteiger partial charge in [0.1, 0.15) is 17.5 Å². The summed E-state index contributed by atoms with van der Waals surface area (Å²) in [5.74, 6) is -0.507. The second-order valence-corrected chi connectivity index (χ2v) is 8.38. The average molecular weight is 478 g/mol. The van der Waals surface area contributed by atoms with Crippen LogP contribution in [0.4, 0.5) is 17.3 Å². The van der Waals surface area contributed by atoms with Gasteiger partial charge in [-0.1, -0.05) is 6.92 Å². The molecular weight excluding hydrogens is 456 g/mol. The van der Waals surface area contributed by atoms with E-state index in [9.17, 15) is 19.7 Å². The summed E-state index contributed by atoms with van der Waals surface area (Å²) in [6.07, 6.45) is 3.72. The van der Waals surface area contributed by atoms with Gasteiger partial charge in [-0.25, -0.2) is 9.97 Å². The molecule has 1 saturated heterocycles. The highest BCUT2D eigenvalue weighted by atomic mass is 16.6. The molecule has 0 aliphatic carbocycles. The van der Waals surface area contributed by atoms with Crippen LogP contribution in [0, 0.1) is 16.0 Å². The van der Waals surface area contributed by atoms with E-state index in [4.69, 9.17) is 0 Å². The second kappa shape index (κ2) is 8.62. The molecule has 5 rings (SSSR count). The molecule has 1 fully saturated rings. The molecule has 180 valence electrons. The number of nitro groups is 1. The number of carbonyl (C=O) groups excluding carboxylic acids is 2. The predicted molar refractivity (Wildman–Crippen MR) is 126 cm³/mol. The topological polar surface area (TPSA) is 177 Å². The van der Waals surface area contributed by atoms with E-state index in [-0.39, 0.29) is 23.5 Å². The van der Waals surface area contributed by atoms with E-state index in [0.717, 1.165) is 18.4 Å². The van der Waals surface area contributed by atoms with Crippen LogP contribution in [0.3, 0.4) is 0 Å². The number of aromatic nitrogens is 6. The van der Waals surface area contributed by atoms with Crippen LogP contribution in [-0.2, 0) is 9.59 Å². The summed E-state index contributed by atoms with van der Waals surface area (Å²) in [7, 11) is 1.37. The third-order valence-electron chi connectivity index (χ3n) is 6.30. The first-order chi connectivity index (χ1) is 16.9. The lowest BCUT2D eigenvalue weighted by Crippen LogP contribution is -2.41. The van der Waals surface area contributed by atoms with E-state index < -0.39 is 16.7 Å². The lowest BCUT2D eigenvalue weighted by atomic mass is 9.93. The van der Waals surface area contributed by atoms with Crippen molar-refractivity contribution in [1.29, 1.82) is 0 Å². The molecule has 5 heterocycles. The minimum Gasteiger partial charge on any atom is -0.354 e. The van der Waals surface area contributed by atoms with E-state index in [1.54, 1.807) is 12.3 Å². The van der Waals surface area contributed by atoms with E-state index >= 15 is 0 Å². The van der Waals surface area contributed by atoms with Gasteiger partial charge in [0, 0.05) is 32.4 Å². The first-order valence-corrected chi connectivity index (χ1v) is 11.0. The molecule has 0 saturated carbocycles. The van der Waals surface area contributed by atoms with Crippen molar-refractivity contribution in [3.63, 3.8) is 0 Å². The quantitative estimate of drug-likeness (QED) is 0.222. The molecule has 2 amide bonds. The second-order valence-electron chi connectivity index (χ2n) is 8.38. The molecule has 35 heavy (non-hydrogen) atoms. The molecule has 0 spiro atoms. The van der Waals surface area contributed by atoms with Crippen LogP contribution in [0.15, 0.2) is 30.6 Å². The van der Waals surface area contributed by atoms with Crippen molar-refractivity contribution in [2.75, 3.05) is 30.4 Å². The van der Waals surface area contributed by atoms with Gasteiger partial charge in [-0.3, -0.25) is 29.5 Å². The Balaban J connectivity index is 1.56. The number of hydrogen-bond donors (Lipinski definition) is 3. The highest BCUT2D eigenvalue weighted by Gasteiger charge is 2.32. The van der Waals surface area contributed by atoms with E-state index in [1.165, 1.54) is 19.3 Å². The number of anilines is 2. The highest BCUT2D eigenvalue weighted by Crippen LogP contribution is 2.36. The lowest BCUT2D eigenvalue weighted by Gasteiger charge is -2.38. The van der Waals surface area contributed by atoms with Crippen LogP contribution >= 0.6 is 0 Å². The lowest BCUT2D eigenvalue weighted by molar-refractivity contribution is -0.385. The van der Waals surface area contributed by atoms with Crippen LogP contribution in [-0.4, -0.2) is 66.8 Å². The number of nitrogens with zero attached hydrogens (tertiary/aromatic N) is 7. The number of H-pyrrole nitrogens is 1. The van der Waals surface area contributed by atoms with Crippen LogP contribution in [0.2, 0.25) is 0 Å². The van der Waals surface area contributed by atoms with Gasteiger partial charge in [-0.05, 0) is 24.5 Å². The Bertz CT molecular complexity index is 1440. The van der Waals surface area contributed by atoms with Crippen molar-refractivity contribution < 1.29 is 14.5 Å². The highest BCUT2D eigenvalue weighted by molar-refractivity contribution is 6.40. The van der Waals surface area contributed by atoms with Crippen LogP contribution < -0.4 is 15.5 Å². The number of carbonyl (C=O) groups is 2. The van der Waals surface area contributed by atoms with Gasteiger partial charge >= 0.3 is 11.8 Å². The number of nitrogens with one attached hydrogen (secondary N) is 3. The molecule has 0 unspecified atom stereocenters. The van der Waals surface area contributed by atoms with E-state index in [0.29, 0.717) is 29.0 Å². The number of piperidine rings is 1. The summed E-state index contributed by atoms with van der Waals surface area (Å²) in [6, 6.07) is 4.80.